The number of aliphatic carboxylic acids is 1. The first-order chi connectivity index (χ1) is 7.66. The molecule has 0 aromatic rings. The zero-order valence-electron chi connectivity index (χ0n) is 9.64. The summed E-state index contributed by atoms with van der Waals surface area (Å²) in [6.45, 7) is 1.71. The molecule has 1 heterocycles. The molecule has 2 fully saturated rings. The van der Waals surface area contributed by atoms with E-state index in [1.54, 1.807) is 0 Å². The van der Waals surface area contributed by atoms with Gasteiger partial charge >= 0.3 is 5.97 Å². The Morgan fingerprint density at radius 1 is 1.19 bits per heavy atom. The number of hydrogen-bond donors (Lipinski definition) is 2. The van der Waals surface area contributed by atoms with Crippen LogP contribution in [0.1, 0.15) is 38.5 Å². The van der Waals surface area contributed by atoms with Gasteiger partial charge in [0.2, 0.25) is 0 Å². The maximum atomic E-state index is 10.5. The number of aliphatic hydroxyl groups excluding tert-OH is 1. The van der Waals surface area contributed by atoms with Crippen molar-refractivity contribution in [3.63, 3.8) is 0 Å². The average Bonchev–Trinajstić information content (AvgIpc) is 2.36. The van der Waals surface area contributed by atoms with Gasteiger partial charge < -0.3 is 10.2 Å². The van der Waals surface area contributed by atoms with Crippen LogP contribution >= 0.6 is 0 Å². The number of carboxylic acid groups (broad SMARTS) is 1. The second-order valence-electron chi connectivity index (χ2n) is 5.19. The van der Waals surface area contributed by atoms with Crippen molar-refractivity contribution in [2.45, 2.75) is 50.7 Å². The van der Waals surface area contributed by atoms with Crippen molar-refractivity contribution in [1.82, 2.24) is 4.90 Å². The largest absolute Gasteiger partial charge is 0.481 e. The number of carbonyl (C=O) groups is 1. The molecule has 16 heavy (non-hydrogen) atoms. The normalized spacial score (nSPS) is 33.1. The number of rotatable bonds is 3. The molecule has 1 saturated heterocycles. The van der Waals surface area contributed by atoms with Crippen LogP contribution in [0, 0.1) is 5.92 Å². The monoisotopic (exact) mass is 227 g/mol. The van der Waals surface area contributed by atoms with Crippen molar-refractivity contribution in [1.29, 1.82) is 0 Å². The number of hydrogen-bond acceptors (Lipinski definition) is 3. The van der Waals surface area contributed by atoms with Gasteiger partial charge in [0.1, 0.15) is 0 Å². The third kappa shape index (κ3) is 2.74. The molecular formula is C12H21NO3. The van der Waals surface area contributed by atoms with E-state index in [-0.39, 0.29) is 18.6 Å². The SMILES string of the molecule is O=C(O)CC1CN(C2CCCCCC2O)C1. The van der Waals surface area contributed by atoms with Gasteiger partial charge in [0.15, 0.2) is 0 Å². The van der Waals surface area contributed by atoms with Crippen molar-refractivity contribution < 1.29 is 15.0 Å². The van der Waals surface area contributed by atoms with E-state index in [2.05, 4.69) is 4.90 Å². The number of nitrogens with zero attached hydrogens (tertiary/aromatic N) is 1. The van der Waals surface area contributed by atoms with E-state index in [1.807, 2.05) is 0 Å². The molecule has 0 aromatic heterocycles. The van der Waals surface area contributed by atoms with Crippen LogP contribution in [0.15, 0.2) is 0 Å². The summed E-state index contributed by atoms with van der Waals surface area (Å²) in [6, 6.07) is 0.285. The van der Waals surface area contributed by atoms with Crippen molar-refractivity contribution >= 4 is 5.97 Å². The summed E-state index contributed by atoms with van der Waals surface area (Å²) in [4.78, 5) is 12.8. The van der Waals surface area contributed by atoms with Gasteiger partial charge in [0, 0.05) is 19.1 Å². The third-order valence-electron chi connectivity index (χ3n) is 3.86. The number of aliphatic hydroxyl groups is 1. The van der Waals surface area contributed by atoms with E-state index in [0.29, 0.717) is 5.92 Å². The molecule has 0 spiro atoms. The molecule has 0 amide bonds. The van der Waals surface area contributed by atoms with Gasteiger partial charge in [0.05, 0.1) is 12.5 Å². The van der Waals surface area contributed by atoms with Gasteiger partial charge in [-0.3, -0.25) is 9.69 Å². The summed E-state index contributed by atoms with van der Waals surface area (Å²) in [5.74, 6) is -0.404. The highest BCUT2D eigenvalue weighted by atomic mass is 16.4. The zero-order valence-corrected chi connectivity index (χ0v) is 9.64. The summed E-state index contributed by atoms with van der Waals surface area (Å²) < 4.78 is 0. The highest BCUT2D eigenvalue weighted by molar-refractivity contribution is 5.67. The number of carboxylic acids is 1. The van der Waals surface area contributed by atoms with Crippen LogP contribution < -0.4 is 0 Å². The Morgan fingerprint density at radius 2 is 1.88 bits per heavy atom. The first kappa shape index (κ1) is 11.9. The minimum absolute atomic E-state index is 0.201. The van der Waals surface area contributed by atoms with Crippen LogP contribution in [0.5, 0.6) is 0 Å². The first-order valence-corrected chi connectivity index (χ1v) is 6.30. The molecule has 92 valence electrons. The van der Waals surface area contributed by atoms with Gasteiger partial charge in [-0.25, -0.2) is 0 Å². The maximum absolute atomic E-state index is 10.5. The predicted molar refractivity (Wildman–Crippen MR) is 60.2 cm³/mol. The fourth-order valence-electron chi connectivity index (χ4n) is 2.95. The van der Waals surface area contributed by atoms with Gasteiger partial charge in [-0.15, -0.1) is 0 Å². The molecule has 1 aliphatic carbocycles. The minimum atomic E-state index is -0.703. The maximum Gasteiger partial charge on any atom is 0.303 e. The molecule has 4 heteroatoms. The topological polar surface area (TPSA) is 60.8 Å². The Hall–Kier alpha value is -0.610. The Labute approximate surface area is 96.3 Å². The van der Waals surface area contributed by atoms with Crippen LogP contribution in [0.2, 0.25) is 0 Å². The molecule has 2 atom stereocenters. The lowest BCUT2D eigenvalue weighted by Crippen LogP contribution is -2.56. The molecule has 0 radical (unpaired) electrons. The van der Waals surface area contributed by atoms with Crippen molar-refractivity contribution in [3.8, 4) is 0 Å². The van der Waals surface area contributed by atoms with E-state index < -0.39 is 5.97 Å². The van der Waals surface area contributed by atoms with E-state index >= 15 is 0 Å². The minimum Gasteiger partial charge on any atom is -0.481 e. The highest BCUT2D eigenvalue weighted by Crippen LogP contribution is 2.29. The molecule has 2 aliphatic rings. The summed E-state index contributed by atoms with van der Waals surface area (Å²) in [7, 11) is 0. The second kappa shape index (κ2) is 5.15. The summed E-state index contributed by atoms with van der Waals surface area (Å²) >= 11 is 0. The van der Waals surface area contributed by atoms with Gasteiger partial charge in [-0.1, -0.05) is 19.3 Å². The first-order valence-electron chi connectivity index (χ1n) is 6.30. The lowest BCUT2D eigenvalue weighted by molar-refractivity contribution is -0.140. The summed E-state index contributed by atoms with van der Waals surface area (Å²) in [6.07, 6.45) is 5.60. The summed E-state index contributed by atoms with van der Waals surface area (Å²) in [5, 5.41) is 18.7. The molecular weight excluding hydrogens is 206 g/mol. The fourth-order valence-corrected chi connectivity index (χ4v) is 2.95. The highest BCUT2D eigenvalue weighted by Gasteiger charge is 2.36. The van der Waals surface area contributed by atoms with Crippen molar-refractivity contribution in [2.24, 2.45) is 5.92 Å². The van der Waals surface area contributed by atoms with Crippen LogP contribution in [-0.4, -0.2) is 46.3 Å². The van der Waals surface area contributed by atoms with Gasteiger partial charge in [-0.2, -0.15) is 0 Å². The van der Waals surface area contributed by atoms with E-state index in [0.717, 1.165) is 32.4 Å². The lowest BCUT2D eigenvalue weighted by Gasteiger charge is -2.45. The van der Waals surface area contributed by atoms with E-state index in [4.69, 9.17) is 5.11 Å². The summed E-state index contributed by atoms with van der Waals surface area (Å²) in [5.41, 5.74) is 0. The molecule has 1 aliphatic heterocycles. The third-order valence-corrected chi connectivity index (χ3v) is 3.86. The van der Waals surface area contributed by atoms with E-state index in [1.165, 1.54) is 12.8 Å². The standard InChI is InChI=1S/C12H21NO3/c14-11-5-3-1-2-4-10(11)13-7-9(8-13)6-12(15)16/h9-11,14H,1-8H2,(H,15,16). The molecule has 0 bridgehead atoms. The number of likely N-dealkylation sites (tertiary alicyclic amines) is 1. The Balaban J connectivity index is 1.78. The lowest BCUT2D eigenvalue weighted by atomic mass is 9.91. The molecule has 4 nitrogen and oxygen atoms in total. The second-order valence-corrected chi connectivity index (χ2v) is 5.19. The van der Waals surface area contributed by atoms with Crippen molar-refractivity contribution in [2.75, 3.05) is 13.1 Å². The molecule has 1 saturated carbocycles. The molecule has 2 N–H and O–H groups in total. The fraction of sp³-hybridized carbons (Fsp3) is 0.917. The average molecular weight is 227 g/mol. The quantitative estimate of drug-likeness (QED) is 0.708. The van der Waals surface area contributed by atoms with Crippen molar-refractivity contribution in [3.05, 3.63) is 0 Å². The Bertz CT molecular complexity index is 251. The predicted octanol–water partition coefficient (Wildman–Crippen LogP) is 1.09. The Morgan fingerprint density at radius 3 is 2.56 bits per heavy atom. The van der Waals surface area contributed by atoms with Crippen LogP contribution in [0.25, 0.3) is 0 Å². The Kier molecular flexibility index (Phi) is 3.82. The van der Waals surface area contributed by atoms with E-state index in [9.17, 15) is 9.90 Å². The molecule has 0 aromatic carbocycles. The van der Waals surface area contributed by atoms with Crippen LogP contribution in [0.3, 0.4) is 0 Å². The molecule has 2 rings (SSSR count). The van der Waals surface area contributed by atoms with Crippen LogP contribution in [-0.2, 0) is 4.79 Å². The smallest absolute Gasteiger partial charge is 0.303 e. The van der Waals surface area contributed by atoms with Gasteiger partial charge in [0.25, 0.3) is 0 Å². The molecule has 2 unspecified atom stereocenters. The zero-order chi connectivity index (χ0) is 11.5. The van der Waals surface area contributed by atoms with Crippen LogP contribution in [0.4, 0.5) is 0 Å². The van der Waals surface area contributed by atoms with Gasteiger partial charge in [-0.05, 0) is 18.8 Å².